The van der Waals surface area contributed by atoms with Crippen LogP contribution in [0, 0.1) is 0 Å². The number of carbonyl (C=O) groups is 2. The SMILES string of the molecule is CC(C)c1cc(C(=O)N(CC(=O)O)Cc2ccc(C(F)(F)F)cc2)no1. The lowest BCUT2D eigenvalue weighted by Gasteiger charge is -2.20. The number of rotatable bonds is 6. The molecule has 2 aromatic rings. The van der Waals surface area contributed by atoms with E-state index < -0.39 is 30.2 Å². The normalized spacial score (nSPS) is 11.6. The number of benzene rings is 1. The van der Waals surface area contributed by atoms with Crippen LogP contribution in [0.25, 0.3) is 0 Å². The molecule has 0 atom stereocenters. The number of carboxylic acids is 1. The topological polar surface area (TPSA) is 83.6 Å². The maximum atomic E-state index is 12.6. The van der Waals surface area contributed by atoms with E-state index in [-0.39, 0.29) is 18.2 Å². The highest BCUT2D eigenvalue weighted by Crippen LogP contribution is 2.29. The zero-order valence-electron chi connectivity index (χ0n) is 14.1. The van der Waals surface area contributed by atoms with Gasteiger partial charge in [0.1, 0.15) is 12.3 Å². The molecule has 0 unspecified atom stereocenters. The molecule has 140 valence electrons. The van der Waals surface area contributed by atoms with E-state index in [1.165, 1.54) is 18.2 Å². The highest BCUT2D eigenvalue weighted by Gasteiger charge is 2.30. The molecule has 2 rings (SSSR count). The molecule has 6 nitrogen and oxygen atoms in total. The highest BCUT2D eigenvalue weighted by atomic mass is 19.4. The largest absolute Gasteiger partial charge is 0.480 e. The van der Waals surface area contributed by atoms with Crippen molar-refractivity contribution in [1.29, 1.82) is 0 Å². The van der Waals surface area contributed by atoms with Crippen molar-refractivity contribution >= 4 is 11.9 Å². The van der Waals surface area contributed by atoms with Gasteiger partial charge in [-0.25, -0.2) is 0 Å². The van der Waals surface area contributed by atoms with Gasteiger partial charge in [0.05, 0.1) is 5.56 Å². The first-order valence-electron chi connectivity index (χ1n) is 7.71. The van der Waals surface area contributed by atoms with Gasteiger partial charge in [-0.15, -0.1) is 0 Å². The monoisotopic (exact) mass is 370 g/mol. The van der Waals surface area contributed by atoms with Crippen LogP contribution in [-0.4, -0.2) is 33.6 Å². The summed E-state index contributed by atoms with van der Waals surface area (Å²) in [5.41, 5.74) is -0.516. The van der Waals surface area contributed by atoms with Gasteiger partial charge in [-0.1, -0.05) is 31.1 Å². The van der Waals surface area contributed by atoms with E-state index in [0.717, 1.165) is 17.0 Å². The van der Waals surface area contributed by atoms with Gasteiger partial charge in [0.2, 0.25) is 0 Å². The molecule has 0 saturated heterocycles. The summed E-state index contributed by atoms with van der Waals surface area (Å²) in [7, 11) is 0. The average molecular weight is 370 g/mol. The predicted octanol–water partition coefficient (Wildman–Crippen LogP) is 3.54. The van der Waals surface area contributed by atoms with Crippen LogP contribution >= 0.6 is 0 Å². The van der Waals surface area contributed by atoms with Crippen molar-refractivity contribution in [3.63, 3.8) is 0 Å². The lowest BCUT2D eigenvalue weighted by atomic mass is 10.1. The number of aliphatic carboxylic acids is 1. The van der Waals surface area contributed by atoms with Crippen LogP contribution in [0.5, 0.6) is 0 Å². The molecule has 26 heavy (non-hydrogen) atoms. The van der Waals surface area contributed by atoms with Crippen LogP contribution in [0.4, 0.5) is 13.2 Å². The Morgan fingerprint density at radius 2 is 1.85 bits per heavy atom. The third-order valence-electron chi connectivity index (χ3n) is 3.58. The lowest BCUT2D eigenvalue weighted by molar-refractivity contribution is -0.138. The van der Waals surface area contributed by atoms with E-state index in [1.54, 1.807) is 0 Å². The van der Waals surface area contributed by atoms with E-state index in [0.29, 0.717) is 11.3 Å². The summed E-state index contributed by atoms with van der Waals surface area (Å²) in [5.74, 6) is -1.47. The number of alkyl halides is 3. The smallest absolute Gasteiger partial charge is 0.416 e. The number of nitrogens with zero attached hydrogens (tertiary/aromatic N) is 2. The number of hydrogen-bond donors (Lipinski definition) is 1. The molecule has 0 fully saturated rings. The first-order valence-corrected chi connectivity index (χ1v) is 7.71. The Labute approximate surface area is 147 Å². The molecule has 9 heteroatoms. The van der Waals surface area contributed by atoms with Crippen molar-refractivity contribution in [3.05, 3.63) is 52.9 Å². The summed E-state index contributed by atoms with van der Waals surface area (Å²) in [6.07, 6.45) is -4.47. The first-order chi connectivity index (χ1) is 12.1. The highest BCUT2D eigenvalue weighted by molar-refractivity contribution is 5.94. The second kappa shape index (κ2) is 7.59. The number of hydrogen-bond acceptors (Lipinski definition) is 4. The van der Waals surface area contributed by atoms with Crippen molar-refractivity contribution in [1.82, 2.24) is 10.1 Å². The molecule has 0 aliphatic rings. The minimum absolute atomic E-state index is 0.00751. The fourth-order valence-electron chi connectivity index (χ4n) is 2.21. The molecular formula is C17H17F3N2O4. The van der Waals surface area contributed by atoms with Gasteiger partial charge in [0, 0.05) is 18.5 Å². The number of carbonyl (C=O) groups excluding carboxylic acids is 1. The summed E-state index contributed by atoms with van der Waals surface area (Å²) in [6.45, 7) is 2.88. The second-order valence-corrected chi connectivity index (χ2v) is 6.02. The van der Waals surface area contributed by atoms with Crippen LogP contribution in [0.3, 0.4) is 0 Å². The van der Waals surface area contributed by atoms with E-state index in [9.17, 15) is 22.8 Å². The third kappa shape index (κ3) is 4.84. The van der Waals surface area contributed by atoms with E-state index >= 15 is 0 Å². The standard InChI is InChI=1S/C17H17F3N2O4/c1-10(2)14-7-13(21-26-14)16(25)22(9-15(23)24)8-11-3-5-12(6-4-11)17(18,19)20/h3-7,10H,8-9H2,1-2H3,(H,23,24). The minimum Gasteiger partial charge on any atom is -0.480 e. The van der Waals surface area contributed by atoms with E-state index in [2.05, 4.69) is 5.16 Å². The Bertz CT molecular complexity index is 782. The molecule has 0 aliphatic carbocycles. The zero-order valence-corrected chi connectivity index (χ0v) is 14.1. The maximum absolute atomic E-state index is 12.6. The summed E-state index contributed by atoms with van der Waals surface area (Å²) < 4.78 is 42.9. The van der Waals surface area contributed by atoms with E-state index in [1.807, 2.05) is 13.8 Å². The van der Waals surface area contributed by atoms with Crippen molar-refractivity contribution in [2.24, 2.45) is 0 Å². The summed E-state index contributed by atoms with van der Waals surface area (Å²) >= 11 is 0. The van der Waals surface area contributed by atoms with Crippen LogP contribution in [0.1, 0.15) is 47.1 Å². The predicted molar refractivity (Wildman–Crippen MR) is 84.4 cm³/mol. The van der Waals surface area contributed by atoms with Gasteiger partial charge in [-0.05, 0) is 17.7 Å². The maximum Gasteiger partial charge on any atom is 0.416 e. The van der Waals surface area contributed by atoms with Crippen molar-refractivity contribution in [2.75, 3.05) is 6.54 Å². The van der Waals surface area contributed by atoms with Crippen LogP contribution < -0.4 is 0 Å². The minimum atomic E-state index is -4.47. The van der Waals surface area contributed by atoms with Crippen molar-refractivity contribution in [2.45, 2.75) is 32.5 Å². The van der Waals surface area contributed by atoms with Gasteiger partial charge in [0.15, 0.2) is 5.69 Å². The Morgan fingerprint density at radius 1 is 1.23 bits per heavy atom. The number of halogens is 3. The molecule has 1 aromatic carbocycles. The summed E-state index contributed by atoms with van der Waals surface area (Å²) in [5, 5.41) is 12.7. The Morgan fingerprint density at radius 3 is 2.31 bits per heavy atom. The van der Waals surface area contributed by atoms with Gasteiger partial charge >= 0.3 is 12.1 Å². The van der Waals surface area contributed by atoms with Crippen LogP contribution in [0.2, 0.25) is 0 Å². The zero-order chi connectivity index (χ0) is 19.5. The molecule has 0 radical (unpaired) electrons. The number of amides is 1. The third-order valence-corrected chi connectivity index (χ3v) is 3.58. The number of aromatic nitrogens is 1. The molecule has 1 heterocycles. The van der Waals surface area contributed by atoms with E-state index in [4.69, 9.17) is 9.63 Å². The molecule has 0 saturated carbocycles. The van der Waals surface area contributed by atoms with Gasteiger partial charge in [-0.2, -0.15) is 13.2 Å². The fraction of sp³-hybridized carbons (Fsp3) is 0.353. The molecule has 1 amide bonds. The number of carboxylic acid groups (broad SMARTS) is 1. The van der Waals surface area contributed by atoms with Crippen molar-refractivity contribution < 1.29 is 32.4 Å². The van der Waals surface area contributed by atoms with Crippen LogP contribution in [-0.2, 0) is 17.5 Å². The van der Waals surface area contributed by atoms with Gasteiger partial charge < -0.3 is 14.5 Å². The Kier molecular flexibility index (Phi) is 5.69. The second-order valence-electron chi connectivity index (χ2n) is 6.02. The molecule has 1 aromatic heterocycles. The van der Waals surface area contributed by atoms with Crippen LogP contribution in [0.15, 0.2) is 34.9 Å². The Balaban J connectivity index is 2.21. The Hall–Kier alpha value is -2.84. The molecule has 0 aliphatic heterocycles. The lowest BCUT2D eigenvalue weighted by Crippen LogP contribution is -2.35. The fourth-order valence-corrected chi connectivity index (χ4v) is 2.21. The molecule has 1 N–H and O–H groups in total. The molecule has 0 spiro atoms. The molecular weight excluding hydrogens is 353 g/mol. The van der Waals surface area contributed by atoms with Gasteiger partial charge in [0.25, 0.3) is 5.91 Å². The quantitative estimate of drug-likeness (QED) is 0.841. The average Bonchev–Trinajstić information content (AvgIpc) is 3.03. The van der Waals surface area contributed by atoms with Gasteiger partial charge in [-0.3, -0.25) is 9.59 Å². The van der Waals surface area contributed by atoms with Crippen molar-refractivity contribution in [3.8, 4) is 0 Å². The first kappa shape index (κ1) is 19.5. The summed E-state index contributed by atoms with van der Waals surface area (Å²) in [6, 6.07) is 5.59. The summed E-state index contributed by atoms with van der Waals surface area (Å²) in [4.78, 5) is 24.5. The molecule has 0 bridgehead atoms.